The molecule has 5 rings (SSSR count). The van der Waals surface area contributed by atoms with Gasteiger partial charge in [-0.2, -0.15) is 0 Å². The van der Waals surface area contributed by atoms with Crippen molar-refractivity contribution in [1.82, 2.24) is 0 Å². The summed E-state index contributed by atoms with van der Waals surface area (Å²) >= 11 is 0. The summed E-state index contributed by atoms with van der Waals surface area (Å²) in [5, 5.41) is 12.3. The molecule has 0 aromatic heterocycles. The molecule has 32 heavy (non-hydrogen) atoms. The fourth-order valence-electron chi connectivity index (χ4n) is 9.27. The Kier molecular flexibility index (Phi) is 5.30. The molecule has 0 bridgehead atoms. The second kappa shape index (κ2) is 7.37. The molecule has 180 valence electrons. The van der Waals surface area contributed by atoms with E-state index in [2.05, 4.69) is 20.8 Å². The third kappa shape index (κ3) is 2.87. The van der Waals surface area contributed by atoms with Gasteiger partial charge in [0.1, 0.15) is 0 Å². The van der Waals surface area contributed by atoms with Gasteiger partial charge in [0.2, 0.25) is 0 Å². The summed E-state index contributed by atoms with van der Waals surface area (Å²) in [7, 11) is 4.79. The molecule has 9 atom stereocenters. The number of hydrogen-bond donors (Lipinski definition) is 1. The predicted molar refractivity (Wildman–Crippen MR) is 122 cm³/mol. The van der Waals surface area contributed by atoms with Gasteiger partial charge < -0.3 is 19.3 Å². The summed E-state index contributed by atoms with van der Waals surface area (Å²) < 4.78 is 16.6. The van der Waals surface area contributed by atoms with Crippen LogP contribution in [0.3, 0.4) is 0 Å². The van der Waals surface area contributed by atoms with Crippen LogP contribution in [0, 0.1) is 46.3 Å². The maximum atomic E-state index is 12.3. The molecule has 0 heterocycles. The first-order valence-electron chi connectivity index (χ1n) is 12.7. The summed E-state index contributed by atoms with van der Waals surface area (Å²) in [6.45, 7) is 7.06. The van der Waals surface area contributed by atoms with Crippen molar-refractivity contribution in [3.05, 3.63) is 11.6 Å². The summed E-state index contributed by atoms with van der Waals surface area (Å²) in [5.74, 6) is 2.64. The first kappa shape index (κ1) is 23.0. The zero-order chi connectivity index (χ0) is 23.1. The first-order chi connectivity index (χ1) is 15.1. The monoisotopic (exact) mass is 446 g/mol. The maximum Gasteiger partial charge on any atom is 0.282 e. The number of hydrogen-bond acceptors (Lipinski definition) is 5. The van der Waals surface area contributed by atoms with Crippen LogP contribution >= 0.6 is 0 Å². The van der Waals surface area contributed by atoms with Crippen molar-refractivity contribution >= 4 is 5.78 Å². The Hall–Kier alpha value is -0.750. The Morgan fingerprint density at radius 2 is 1.78 bits per heavy atom. The second-order valence-corrected chi connectivity index (χ2v) is 12.1. The molecule has 0 amide bonds. The number of allylic oxidation sites excluding steroid dienone is 1. The van der Waals surface area contributed by atoms with Crippen LogP contribution in [0.25, 0.3) is 0 Å². The molecule has 0 spiro atoms. The maximum absolute atomic E-state index is 12.3. The Labute approximate surface area is 193 Å². The van der Waals surface area contributed by atoms with Gasteiger partial charge in [0.25, 0.3) is 5.97 Å². The van der Waals surface area contributed by atoms with E-state index in [1.54, 1.807) is 21.3 Å². The zero-order valence-electron chi connectivity index (χ0n) is 20.8. The van der Waals surface area contributed by atoms with Crippen LogP contribution in [-0.2, 0) is 19.0 Å². The van der Waals surface area contributed by atoms with Crippen LogP contribution in [0.15, 0.2) is 11.6 Å². The van der Waals surface area contributed by atoms with Gasteiger partial charge in [0.15, 0.2) is 5.78 Å². The minimum atomic E-state index is -1.10. The number of aliphatic hydroxyl groups is 1. The van der Waals surface area contributed by atoms with E-state index in [1.165, 1.54) is 12.0 Å². The Morgan fingerprint density at radius 1 is 1.09 bits per heavy atom. The minimum absolute atomic E-state index is 0.107. The van der Waals surface area contributed by atoms with Crippen LogP contribution in [0.4, 0.5) is 0 Å². The molecular weight excluding hydrogens is 404 g/mol. The van der Waals surface area contributed by atoms with Crippen molar-refractivity contribution < 1.29 is 24.1 Å². The van der Waals surface area contributed by atoms with Crippen molar-refractivity contribution in [2.24, 2.45) is 46.3 Å². The van der Waals surface area contributed by atoms with E-state index >= 15 is 0 Å². The van der Waals surface area contributed by atoms with Gasteiger partial charge in [0, 0.05) is 34.2 Å². The van der Waals surface area contributed by atoms with Crippen LogP contribution in [0.2, 0.25) is 0 Å². The number of carbonyl (C=O) groups is 1. The van der Waals surface area contributed by atoms with Crippen LogP contribution < -0.4 is 0 Å². The largest absolute Gasteiger partial charge is 0.389 e. The smallest absolute Gasteiger partial charge is 0.282 e. The van der Waals surface area contributed by atoms with Gasteiger partial charge in [0.05, 0.1) is 5.60 Å². The molecular formula is C27H42O5. The first-order valence-corrected chi connectivity index (χ1v) is 12.7. The fourth-order valence-corrected chi connectivity index (χ4v) is 9.27. The summed E-state index contributed by atoms with van der Waals surface area (Å²) in [6, 6.07) is 0. The molecule has 0 aliphatic heterocycles. The quantitative estimate of drug-likeness (QED) is 0.598. The van der Waals surface area contributed by atoms with Gasteiger partial charge in [-0.25, -0.2) is 0 Å². The van der Waals surface area contributed by atoms with E-state index in [-0.39, 0.29) is 16.7 Å². The van der Waals surface area contributed by atoms with Crippen LogP contribution in [-0.4, -0.2) is 43.8 Å². The van der Waals surface area contributed by atoms with Crippen molar-refractivity contribution in [1.29, 1.82) is 0 Å². The van der Waals surface area contributed by atoms with E-state index in [9.17, 15) is 9.90 Å². The highest BCUT2D eigenvalue weighted by Gasteiger charge is 2.71. The number of fused-ring (bicyclic) bond motifs is 8. The molecule has 4 fully saturated rings. The van der Waals surface area contributed by atoms with Gasteiger partial charge in [-0.05, 0) is 90.9 Å². The SMILES string of the molecule is COC(CC[C@]1(O)C(C)CC2C3C4CC4C4=CC(=O)CCC4(C)C3CCC21C)(OC)OC. The molecule has 4 saturated carbocycles. The van der Waals surface area contributed by atoms with E-state index in [4.69, 9.17) is 14.2 Å². The van der Waals surface area contributed by atoms with Crippen LogP contribution in [0.1, 0.15) is 72.1 Å². The lowest BCUT2D eigenvalue weighted by atomic mass is 9.46. The molecule has 5 heteroatoms. The summed E-state index contributed by atoms with van der Waals surface area (Å²) in [5.41, 5.74) is 0.797. The van der Waals surface area contributed by atoms with Crippen LogP contribution in [0.5, 0.6) is 0 Å². The van der Waals surface area contributed by atoms with Gasteiger partial charge >= 0.3 is 0 Å². The molecule has 0 aromatic rings. The summed E-state index contributed by atoms with van der Waals surface area (Å²) in [6.07, 6.45) is 9.41. The fraction of sp³-hybridized carbons (Fsp3) is 0.889. The highest BCUT2D eigenvalue weighted by molar-refractivity contribution is 5.92. The van der Waals surface area contributed by atoms with E-state index in [0.29, 0.717) is 54.6 Å². The lowest BCUT2D eigenvalue weighted by molar-refractivity contribution is -0.359. The number of ketones is 1. The normalized spacial score (nSPS) is 49.6. The average molecular weight is 447 g/mol. The Bertz CT molecular complexity index is 809. The van der Waals surface area contributed by atoms with Gasteiger partial charge in [-0.1, -0.05) is 26.3 Å². The molecule has 8 unspecified atom stereocenters. The second-order valence-electron chi connectivity index (χ2n) is 12.1. The highest BCUT2D eigenvalue weighted by Crippen LogP contribution is 2.75. The van der Waals surface area contributed by atoms with Gasteiger partial charge in [-0.3, -0.25) is 4.79 Å². The topological polar surface area (TPSA) is 65.0 Å². The van der Waals surface area contributed by atoms with E-state index < -0.39 is 11.6 Å². The average Bonchev–Trinajstić information content (AvgIpc) is 3.54. The molecule has 0 saturated heterocycles. The lowest BCUT2D eigenvalue weighted by Gasteiger charge is -2.59. The molecule has 0 radical (unpaired) electrons. The standard InChI is InChI=1S/C27H42O5/c1-16-13-22-23-19-15-18(19)21-14-17(28)7-9-24(21,2)20(23)8-10-25(22,3)26(16,29)11-12-27(30-4,31-5)32-6/h14,16,18-20,22-23,29H,7-13,15H2,1-6H3/t16?,18?,19?,20?,22?,23?,24?,25?,26-/m0/s1. The molecule has 5 nitrogen and oxygen atoms in total. The zero-order valence-corrected chi connectivity index (χ0v) is 20.8. The molecule has 5 aliphatic rings. The Morgan fingerprint density at radius 3 is 2.44 bits per heavy atom. The van der Waals surface area contributed by atoms with Crippen molar-refractivity contribution in [2.75, 3.05) is 21.3 Å². The number of methoxy groups -OCH3 is 3. The molecule has 5 aliphatic carbocycles. The number of rotatable bonds is 6. The van der Waals surface area contributed by atoms with Crippen molar-refractivity contribution in [2.45, 2.75) is 83.7 Å². The summed E-state index contributed by atoms with van der Waals surface area (Å²) in [4.78, 5) is 12.2. The van der Waals surface area contributed by atoms with Crippen molar-refractivity contribution in [3.8, 4) is 0 Å². The minimum Gasteiger partial charge on any atom is -0.389 e. The Balaban J connectivity index is 1.45. The third-order valence-electron chi connectivity index (χ3n) is 11.3. The predicted octanol–water partition coefficient (Wildman–Crippen LogP) is 4.72. The number of carbonyl (C=O) groups excluding carboxylic acids is 1. The molecule has 1 N–H and O–H groups in total. The number of ether oxygens (including phenoxy) is 3. The van der Waals surface area contributed by atoms with E-state index in [0.717, 1.165) is 25.7 Å². The van der Waals surface area contributed by atoms with E-state index in [1.807, 2.05) is 6.08 Å². The van der Waals surface area contributed by atoms with Gasteiger partial charge in [-0.15, -0.1) is 0 Å². The lowest BCUT2D eigenvalue weighted by Crippen LogP contribution is -2.56. The molecule has 0 aromatic carbocycles. The highest BCUT2D eigenvalue weighted by atomic mass is 16.9. The van der Waals surface area contributed by atoms with Crippen molar-refractivity contribution in [3.63, 3.8) is 0 Å². The third-order valence-corrected chi connectivity index (χ3v) is 11.3.